The number of ether oxygens (including phenoxy) is 3. The highest BCUT2D eigenvalue weighted by Gasteiger charge is 2.19. The Labute approximate surface area is 343 Å². The normalized spacial score (nSPS) is 13.0. The second-order valence-electron chi connectivity index (χ2n) is 14.4. The van der Waals surface area contributed by atoms with Crippen LogP contribution in [0.15, 0.2) is 97.2 Å². The minimum atomic E-state index is -0.834. The van der Waals surface area contributed by atoms with Gasteiger partial charge >= 0.3 is 17.9 Å². The van der Waals surface area contributed by atoms with E-state index in [9.17, 15) is 14.4 Å². The van der Waals surface area contributed by atoms with Crippen LogP contribution in [0, 0.1) is 0 Å². The van der Waals surface area contributed by atoms with E-state index in [0.29, 0.717) is 19.3 Å². The molecule has 0 aliphatic carbocycles. The maximum Gasteiger partial charge on any atom is 0.306 e. The highest BCUT2D eigenvalue weighted by Crippen LogP contribution is 2.11. The summed E-state index contributed by atoms with van der Waals surface area (Å²) in [5.41, 5.74) is 0. The molecule has 0 saturated heterocycles. The Kier molecular flexibility index (Phi) is 41.2. The van der Waals surface area contributed by atoms with Crippen molar-refractivity contribution in [2.75, 3.05) is 13.2 Å². The third kappa shape index (κ3) is 41.5. The van der Waals surface area contributed by atoms with E-state index >= 15 is 0 Å². The monoisotopic (exact) mass is 777 g/mol. The van der Waals surface area contributed by atoms with E-state index in [4.69, 9.17) is 14.2 Å². The van der Waals surface area contributed by atoms with Crippen molar-refractivity contribution in [1.82, 2.24) is 0 Å². The predicted molar refractivity (Wildman–Crippen MR) is 237 cm³/mol. The molecule has 0 radical (unpaired) electrons. The molecule has 0 N–H and O–H groups in total. The van der Waals surface area contributed by atoms with Gasteiger partial charge in [0.2, 0.25) is 0 Å². The van der Waals surface area contributed by atoms with Gasteiger partial charge in [0.25, 0.3) is 0 Å². The summed E-state index contributed by atoms with van der Waals surface area (Å²) < 4.78 is 16.5. The molecule has 316 valence electrons. The Morgan fingerprint density at radius 3 is 1.27 bits per heavy atom. The van der Waals surface area contributed by atoms with E-state index < -0.39 is 12.1 Å². The lowest BCUT2D eigenvalue weighted by Gasteiger charge is -2.18. The van der Waals surface area contributed by atoms with E-state index in [1.165, 1.54) is 70.6 Å². The summed E-state index contributed by atoms with van der Waals surface area (Å²) in [7, 11) is 0. The Bertz CT molecular complexity index is 1170. The van der Waals surface area contributed by atoms with Gasteiger partial charge in [0.05, 0.1) is 0 Å². The van der Waals surface area contributed by atoms with Crippen LogP contribution in [0.3, 0.4) is 0 Å². The molecule has 0 aromatic carbocycles. The molecule has 0 spiro atoms. The third-order valence-electron chi connectivity index (χ3n) is 8.95. The first-order valence-electron chi connectivity index (χ1n) is 22.3. The average molecular weight is 777 g/mol. The van der Waals surface area contributed by atoms with Crippen molar-refractivity contribution in [3.05, 3.63) is 97.2 Å². The summed E-state index contributed by atoms with van der Waals surface area (Å²) in [6.45, 7) is 6.31. The van der Waals surface area contributed by atoms with Crippen molar-refractivity contribution in [2.45, 2.75) is 187 Å². The number of rotatable bonds is 38. The molecule has 0 aliphatic heterocycles. The largest absolute Gasteiger partial charge is 0.462 e. The van der Waals surface area contributed by atoms with Crippen LogP contribution in [-0.2, 0) is 28.6 Å². The van der Waals surface area contributed by atoms with Gasteiger partial charge in [0.15, 0.2) is 6.10 Å². The van der Waals surface area contributed by atoms with Crippen LogP contribution in [0.4, 0.5) is 0 Å². The van der Waals surface area contributed by atoms with Crippen LogP contribution in [0.25, 0.3) is 0 Å². The zero-order valence-electron chi connectivity index (χ0n) is 35.9. The van der Waals surface area contributed by atoms with Gasteiger partial charge in [0, 0.05) is 19.3 Å². The second-order valence-corrected chi connectivity index (χ2v) is 14.4. The van der Waals surface area contributed by atoms with Crippen LogP contribution in [0.1, 0.15) is 181 Å². The number of carbonyl (C=O) groups excluding carboxylic acids is 3. The van der Waals surface area contributed by atoms with Crippen molar-refractivity contribution < 1.29 is 28.6 Å². The smallest absolute Gasteiger partial charge is 0.306 e. The SMILES string of the molecule is CC\C=C/C=C\C=C/C=C\C=C/CCCC(=O)OC(COC(=O)CCC/C=C\CCCCCC)COC(=O)CCCCC/C=C\C=C/CCCCCCCCC. The van der Waals surface area contributed by atoms with Crippen LogP contribution < -0.4 is 0 Å². The van der Waals surface area contributed by atoms with Gasteiger partial charge in [-0.2, -0.15) is 0 Å². The van der Waals surface area contributed by atoms with Crippen molar-refractivity contribution in [1.29, 1.82) is 0 Å². The van der Waals surface area contributed by atoms with Crippen molar-refractivity contribution in [3.63, 3.8) is 0 Å². The summed E-state index contributed by atoms with van der Waals surface area (Å²) >= 11 is 0. The first kappa shape index (κ1) is 52.3. The standard InChI is InChI=1S/C50H80O6/c1-4-7-10-13-16-19-21-23-24-25-27-28-31-34-37-40-43-49(52)55-46-47(45-54-48(51)42-39-36-33-30-18-15-12-9-6-3)56-50(53)44-41-38-35-32-29-26-22-20-17-14-11-8-5-2/h8,11,14,17,20,22,24-30,32-33,35,47H,4-7,9-10,12-13,15-16,18-19,21,23,31,34,36-46H2,1-3H3/b11-8-,17-14-,22-20-,25-24-,28-27-,29-26-,33-30-,35-32-. The summed E-state index contributed by atoms with van der Waals surface area (Å²) in [5, 5.41) is 0. The lowest BCUT2D eigenvalue weighted by atomic mass is 10.1. The van der Waals surface area contributed by atoms with Crippen LogP contribution in [0.5, 0.6) is 0 Å². The molecular formula is C50H80O6. The second kappa shape index (κ2) is 44.0. The van der Waals surface area contributed by atoms with E-state index in [2.05, 4.69) is 63.3 Å². The third-order valence-corrected chi connectivity index (χ3v) is 8.95. The Morgan fingerprint density at radius 1 is 0.375 bits per heavy atom. The Balaban J connectivity index is 4.55. The van der Waals surface area contributed by atoms with Gasteiger partial charge in [-0.15, -0.1) is 0 Å². The number of carbonyl (C=O) groups is 3. The molecule has 0 heterocycles. The van der Waals surface area contributed by atoms with Crippen molar-refractivity contribution in [2.24, 2.45) is 0 Å². The molecule has 56 heavy (non-hydrogen) atoms. The average Bonchev–Trinajstić information content (AvgIpc) is 3.19. The van der Waals surface area contributed by atoms with Gasteiger partial charge in [-0.3, -0.25) is 14.4 Å². The molecule has 0 aromatic rings. The zero-order chi connectivity index (χ0) is 40.8. The molecule has 0 bridgehead atoms. The van der Waals surface area contributed by atoms with E-state index in [1.54, 1.807) is 0 Å². The summed E-state index contributed by atoms with van der Waals surface area (Å²) in [5.74, 6) is -1.08. The molecule has 0 saturated carbocycles. The molecule has 0 aromatic heterocycles. The van der Waals surface area contributed by atoms with Gasteiger partial charge < -0.3 is 14.2 Å². The quantitative estimate of drug-likeness (QED) is 0.0204. The molecule has 6 nitrogen and oxygen atoms in total. The van der Waals surface area contributed by atoms with Gasteiger partial charge in [0.1, 0.15) is 13.2 Å². The maximum atomic E-state index is 12.7. The van der Waals surface area contributed by atoms with E-state index in [-0.39, 0.29) is 38.0 Å². The minimum Gasteiger partial charge on any atom is -0.462 e. The molecule has 1 unspecified atom stereocenters. The molecule has 0 amide bonds. The minimum absolute atomic E-state index is 0.130. The highest BCUT2D eigenvalue weighted by atomic mass is 16.6. The van der Waals surface area contributed by atoms with E-state index in [0.717, 1.165) is 57.8 Å². The molecule has 0 aliphatic rings. The summed E-state index contributed by atoms with van der Waals surface area (Å²) in [4.78, 5) is 37.6. The molecule has 1 atom stereocenters. The van der Waals surface area contributed by atoms with Crippen LogP contribution in [-0.4, -0.2) is 37.2 Å². The van der Waals surface area contributed by atoms with Crippen molar-refractivity contribution >= 4 is 17.9 Å². The molecule has 0 fully saturated rings. The number of esters is 3. The highest BCUT2D eigenvalue weighted by molar-refractivity contribution is 5.71. The lowest BCUT2D eigenvalue weighted by molar-refractivity contribution is -0.167. The maximum absolute atomic E-state index is 12.7. The predicted octanol–water partition coefficient (Wildman–Crippen LogP) is 14.2. The molecular weight excluding hydrogens is 697 g/mol. The number of unbranched alkanes of at least 4 members (excludes halogenated alkanes) is 16. The van der Waals surface area contributed by atoms with Gasteiger partial charge in [-0.1, -0.05) is 182 Å². The Morgan fingerprint density at radius 2 is 0.732 bits per heavy atom. The van der Waals surface area contributed by atoms with Gasteiger partial charge in [-0.05, 0) is 77.0 Å². The molecule has 6 heteroatoms. The van der Waals surface area contributed by atoms with Crippen molar-refractivity contribution in [3.8, 4) is 0 Å². The van der Waals surface area contributed by atoms with Gasteiger partial charge in [-0.25, -0.2) is 0 Å². The fraction of sp³-hybridized carbons (Fsp3) is 0.620. The summed E-state index contributed by atoms with van der Waals surface area (Å²) in [6.07, 6.45) is 57.0. The first-order valence-corrected chi connectivity index (χ1v) is 22.3. The van der Waals surface area contributed by atoms with E-state index in [1.807, 2.05) is 54.7 Å². The number of hydrogen-bond acceptors (Lipinski definition) is 6. The fourth-order valence-corrected chi connectivity index (χ4v) is 5.58. The zero-order valence-corrected chi connectivity index (χ0v) is 35.9. The fourth-order valence-electron chi connectivity index (χ4n) is 5.58. The Hall–Kier alpha value is -3.67. The topological polar surface area (TPSA) is 78.9 Å². The first-order chi connectivity index (χ1) is 27.5. The lowest BCUT2D eigenvalue weighted by Crippen LogP contribution is -2.30. The summed E-state index contributed by atoms with van der Waals surface area (Å²) in [6, 6.07) is 0. The van der Waals surface area contributed by atoms with Crippen LogP contribution in [0.2, 0.25) is 0 Å². The van der Waals surface area contributed by atoms with Crippen LogP contribution >= 0.6 is 0 Å². The molecule has 0 rings (SSSR count). The number of allylic oxidation sites excluding steroid dienone is 16. The number of hydrogen-bond donors (Lipinski definition) is 0.